The van der Waals surface area contributed by atoms with E-state index in [0.29, 0.717) is 17.1 Å². The van der Waals surface area contributed by atoms with Crippen molar-refractivity contribution in [3.8, 4) is 11.5 Å². The van der Waals surface area contributed by atoms with Gasteiger partial charge in [-0.25, -0.2) is 0 Å². The predicted octanol–water partition coefficient (Wildman–Crippen LogP) is 2.96. The smallest absolute Gasteiger partial charge is 0.254 e. The largest absolute Gasteiger partial charge is 0.497 e. The Bertz CT molecular complexity index is 411. The number of nitrogens with zero attached hydrogens (tertiary/aromatic N) is 1. The van der Waals surface area contributed by atoms with Crippen molar-refractivity contribution in [2.24, 2.45) is 0 Å². The summed E-state index contributed by atoms with van der Waals surface area (Å²) in [5.74, 6) is 1.23. The summed E-state index contributed by atoms with van der Waals surface area (Å²) in [7, 11) is 3.15. The molecule has 0 spiro atoms. The molecule has 0 N–H and O–H groups in total. The molecule has 0 bridgehead atoms. The van der Waals surface area contributed by atoms with Gasteiger partial charge in [-0.3, -0.25) is 4.79 Å². The summed E-state index contributed by atoms with van der Waals surface area (Å²) in [4.78, 5) is 14.4. The molecule has 1 aromatic rings. The van der Waals surface area contributed by atoms with Crippen LogP contribution < -0.4 is 9.47 Å². The molecule has 1 rings (SSSR count). The number of hydrogen-bond donors (Lipinski definition) is 0. The van der Waals surface area contributed by atoms with Crippen molar-refractivity contribution < 1.29 is 14.3 Å². The second-order valence-corrected chi connectivity index (χ2v) is 5.00. The number of rotatable bonds is 5. The molecule has 0 saturated heterocycles. The third kappa shape index (κ3) is 3.63. The molecule has 19 heavy (non-hydrogen) atoms. The van der Waals surface area contributed by atoms with Crippen molar-refractivity contribution >= 4 is 5.91 Å². The van der Waals surface area contributed by atoms with E-state index in [4.69, 9.17) is 9.47 Å². The topological polar surface area (TPSA) is 38.8 Å². The van der Waals surface area contributed by atoms with E-state index in [1.165, 1.54) is 0 Å². The Kier molecular flexibility index (Phi) is 5.21. The highest BCUT2D eigenvalue weighted by atomic mass is 16.5. The first kappa shape index (κ1) is 15.3. The molecule has 4 heteroatoms. The summed E-state index contributed by atoms with van der Waals surface area (Å²) in [6.07, 6.45) is 0. The number of ether oxygens (including phenoxy) is 2. The van der Waals surface area contributed by atoms with Gasteiger partial charge in [-0.1, -0.05) is 0 Å². The predicted molar refractivity (Wildman–Crippen MR) is 76.0 cm³/mol. The van der Waals surface area contributed by atoms with Gasteiger partial charge in [-0.15, -0.1) is 0 Å². The van der Waals surface area contributed by atoms with Crippen molar-refractivity contribution in [2.45, 2.75) is 39.8 Å². The molecule has 0 atom stereocenters. The van der Waals surface area contributed by atoms with Crippen molar-refractivity contribution in [1.82, 2.24) is 4.90 Å². The third-order valence-corrected chi connectivity index (χ3v) is 2.95. The molecule has 4 nitrogen and oxygen atoms in total. The number of amides is 1. The van der Waals surface area contributed by atoms with Crippen molar-refractivity contribution in [3.63, 3.8) is 0 Å². The summed E-state index contributed by atoms with van der Waals surface area (Å²) in [5, 5.41) is 0. The lowest BCUT2D eigenvalue weighted by atomic mass is 10.1. The minimum atomic E-state index is -0.0119. The highest BCUT2D eigenvalue weighted by Crippen LogP contribution is 2.24. The molecule has 0 saturated carbocycles. The second kappa shape index (κ2) is 6.45. The SMILES string of the molecule is COc1cc(OC)cc(C(=O)N(C(C)C)C(C)C)c1. The van der Waals surface area contributed by atoms with E-state index in [1.807, 2.05) is 32.6 Å². The van der Waals surface area contributed by atoms with Crippen molar-refractivity contribution in [1.29, 1.82) is 0 Å². The van der Waals surface area contributed by atoms with Gasteiger partial charge in [0.05, 0.1) is 14.2 Å². The monoisotopic (exact) mass is 265 g/mol. The highest BCUT2D eigenvalue weighted by Gasteiger charge is 2.22. The van der Waals surface area contributed by atoms with E-state index < -0.39 is 0 Å². The van der Waals surface area contributed by atoms with Crippen LogP contribution in [0.1, 0.15) is 38.1 Å². The van der Waals surface area contributed by atoms with Gasteiger partial charge in [-0.2, -0.15) is 0 Å². The maximum atomic E-state index is 12.6. The average molecular weight is 265 g/mol. The molecule has 0 aliphatic rings. The number of methoxy groups -OCH3 is 2. The van der Waals surface area contributed by atoms with Crippen LogP contribution in [-0.2, 0) is 0 Å². The molecule has 0 aromatic heterocycles. The summed E-state index contributed by atoms with van der Waals surface area (Å²) in [6.45, 7) is 8.04. The lowest BCUT2D eigenvalue weighted by Crippen LogP contribution is -2.42. The number of hydrogen-bond acceptors (Lipinski definition) is 3. The van der Waals surface area contributed by atoms with Crippen LogP contribution in [0.5, 0.6) is 11.5 Å². The fourth-order valence-corrected chi connectivity index (χ4v) is 2.15. The normalized spacial score (nSPS) is 10.7. The molecule has 1 aromatic carbocycles. The number of carbonyl (C=O) groups excluding carboxylic acids is 1. The van der Waals surface area contributed by atoms with Crippen LogP contribution in [0.2, 0.25) is 0 Å². The van der Waals surface area contributed by atoms with E-state index in [9.17, 15) is 4.79 Å². The summed E-state index contributed by atoms with van der Waals surface area (Å²) in [5.41, 5.74) is 0.582. The maximum Gasteiger partial charge on any atom is 0.254 e. The van der Waals surface area contributed by atoms with Gasteiger partial charge in [0.2, 0.25) is 0 Å². The van der Waals surface area contributed by atoms with Gasteiger partial charge in [0.15, 0.2) is 0 Å². The first-order valence-corrected chi connectivity index (χ1v) is 6.46. The lowest BCUT2D eigenvalue weighted by molar-refractivity contribution is 0.0643. The van der Waals surface area contributed by atoms with Crippen LogP contribution in [0.25, 0.3) is 0 Å². The molecule has 0 fully saturated rings. The molecule has 0 heterocycles. The van der Waals surface area contributed by atoms with E-state index in [-0.39, 0.29) is 18.0 Å². The zero-order valence-corrected chi connectivity index (χ0v) is 12.6. The second-order valence-electron chi connectivity index (χ2n) is 5.00. The molecule has 106 valence electrons. The van der Waals surface area contributed by atoms with Gasteiger partial charge < -0.3 is 14.4 Å². The van der Waals surface area contributed by atoms with Crippen LogP contribution in [-0.4, -0.2) is 37.1 Å². The molecular weight excluding hydrogens is 242 g/mol. The van der Waals surface area contributed by atoms with E-state index >= 15 is 0 Å². The number of carbonyl (C=O) groups is 1. The van der Waals surface area contributed by atoms with Crippen LogP contribution in [0.4, 0.5) is 0 Å². The molecule has 1 amide bonds. The van der Waals surface area contributed by atoms with Crippen LogP contribution >= 0.6 is 0 Å². The van der Waals surface area contributed by atoms with E-state index in [1.54, 1.807) is 32.4 Å². The fraction of sp³-hybridized carbons (Fsp3) is 0.533. The summed E-state index contributed by atoms with van der Waals surface area (Å²) >= 11 is 0. The van der Waals surface area contributed by atoms with E-state index in [0.717, 1.165) is 0 Å². The molecule has 0 unspecified atom stereocenters. The van der Waals surface area contributed by atoms with Gasteiger partial charge in [0.1, 0.15) is 11.5 Å². The van der Waals surface area contributed by atoms with Crippen LogP contribution in [0.15, 0.2) is 18.2 Å². The van der Waals surface area contributed by atoms with Gasteiger partial charge in [0, 0.05) is 23.7 Å². The molecule has 0 radical (unpaired) electrons. The highest BCUT2D eigenvalue weighted by molar-refractivity contribution is 5.95. The standard InChI is InChI=1S/C15H23NO3/c1-10(2)16(11(3)4)15(17)12-7-13(18-5)9-14(8-12)19-6/h7-11H,1-6H3. The van der Waals surface area contributed by atoms with Crippen LogP contribution in [0, 0.1) is 0 Å². The van der Waals surface area contributed by atoms with Crippen LogP contribution in [0.3, 0.4) is 0 Å². The molecular formula is C15H23NO3. The average Bonchev–Trinajstić information content (AvgIpc) is 2.37. The Balaban J connectivity index is 3.17. The molecule has 0 aliphatic carbocycles. The zero-order valence-electron chi connectivity index (χ0n) is 12.6. The maximum absolute atomic E-state index is 12.6. The lowest BCUT2D eigenvalue weighted by Gasteiger charge is -2.31. The molecule has 0 aliphatic heterocycles. The Labute approximate surface area is 115 Å². The first-order chi connectivity index (χ1) is 8.90. The number of benzene rings is 1. The summed E-state index contributed by atoms with van der Waals surface area (Å²) in [6, 6.07) is 5.52. The Morgan fingerprint density at radius 2 is 1.37 bits per heavy atom. The summed E-state index contributed by atoms with van der Waals surface area (Å²) < 4.78 is 10.4. The minimum absolute atomic E-state index is 0.0119. The van der Waals surface area contributed by atoms with Crippen molar-refractivity contribution in [2.75, 3.05) is 14.2 Å². The van der Waals surface area contributed by atoms with Gasteiger partial charge in [0.25, 0.3) is 5.91 Å². The first-order valence-electron chi connectivity index (χ1n) is 6.46. The Hall–Kier alpha value is -1.71. The Morgan fingerprint density at radius 1 is 0.947 bits per heavy atom. The van der Waals surface area contributed by atoms with Crippen molar-refractivity contribution in [3.05, 3.63) is 23.8 Å². The van der Waals surface area contributed by atoms with E-state index in [2.05, 4.69) is 0 Å². The third-order valence-electron chi connectivity index (χ3n) is 2.95. The van der Waals surface area contributed by atoms with Gasteiger partial charge >= 0.3 is 0 Å². The fourth-order valence-electron chi connectivity index (χ4n) is 2.15. The zero-order chi connectivity index (χ0) is 14.6. The minimum Gasteiger partial charge on any atom is -0.497 e. The Morgan fingerprint density at radius 3 is 1.68 bits per heavy atom. The van der Waals surface area contributed by atoms with Gasteiger partial charge in [-0.05, 0) is 39.8 Å². The quantitative estimate of drug-likeness (QED) is 0.821.